The molecule has 0 aliphatic carbocycles. The van der Waals surface area contributed by atoms with Crippen molar-refractivity contribution in [1.29, 1.82) is 0 Å². The molecule has 1 unspecified atom stereocenters. The number of nitrogens with one attached hydrogen (secondary N) is 1. The van der Waals surface area contributed by atoms with Gasteiger partial charge in [-0.3, -0.25) is 9.36 Å². The molecule has 9 heteroatoms. The number of carbonyl (C=O) groups is 1. The molecule has 1 aliphatic rings. The van der Waals surface area contributed by atoms with Gasteiger partial charge in [-0.05, 0) is 36.3 Å². The highest BCUT2D eigenvalue weighted by Crippen LogP contribution is 2.41. The van der Waals surface area contributed by atoms with E-state index in [0.717, 1.165) is 0 Å². The molecule has 1 aromatic carbocycles. The van der Waals surface area contributed by atoms with Gasteiger partial charge in [-0.25, -0.2) is 4.79 Å². The van der Waals surface area contributed by atoms with E-state index < -0.39 is 20.2 Å². The molecule has 0 bridgehead atoms. The third kappa shape index (κ3) is 5.46. The van der Waals surface area contributed by atoms with Gasteiger partial charge in [0.05, 0.1) is 12.2 Å². The molecule has 2 aromatic rings. The van der Waals surface area contributed by atoms with E-state index in [1.165, 1.54) is 4.57 Å². The van der Waals surface area contributed by atoms with Gasteiger partial charge in [0.1, 0.15) is 12.0 Å². The van der Waals surface area contributed by atoms with Crippen LogP contribution in [0.1, 0.15) is 43.8 Å². The molecule has 168 valence electrons. The van der Waals surface area contributed by atoms with Gasteiger partial charge in [0, 0.05) is 23.9 Å². The van der Waals surface area contributed by atoms with E-state index in [9.17, 15) is 9.59 Å². The lowest BCUT2D eigenvalue weighted by Crippen LogP contribution is -2.46. The summed E-state index contributed by atoms with van der Waals surface area (Å²) in [6.07, 6.45) is 1.34. The average molecular weight is 462 g/mol. The Morgan fingerprint density at radius 1 is 1.29 bits per heavy atom. The van der Waals surface area contributed by atoms with Crippen LogP contribution in [-0.4, -0.2) is 41.7 Å². The average Bonchev–Trinajstić information content (AvgIpc) is 3.09. The van der Waals surface area contributed by atoms with Crippen molar-refractivity contribution >= 4 is 32.7 Å². The summed E-state index contributed by atoms with van der Waals surface area (Å²) in [6.45, 7) is 11.0. The Hall–Kier alpha value is -1.94. The summed E-state index contributed by atoms with van der Waals surface area (Å²) in [5.41, 5.74) is 0.0107. The number of ether oxygens (including phenoxy) is 1. The molecule has 1 amide bonds. The number of rotatable bonds is 6. The van der Waals surface area contributed by atoms with E-state index in [2.05, 4.69) is 56.8 Å². The summed E-state index contributed by atoms with van der Waals surface area (Å²) >= 11 is 4.42. The molecule has 1 aromatic heterocycles. The normalized spacial score (nSPS) is 21.8. The van der Waals surface area contributed by atoms with Crippen LogP contribution in [0, 0.1) is 0 Å². The fourth-order valence-corrected chi connectivity index (χ4v) is 4.87. The quantitative estimate of drug-likeness (QED) is 0.500. The first-order valence-electron chi connectivity index (χ1n) is 10.4. The van der Waals surface area contributed by atoms with Gasteiger partial charge in [-0.2, -0.15) is 17.6 Å². The fraction of sp³-hybridized carbons (Fsp3) is 0.500. The van der Waals surface area contributed by atoms with Crippen molar-refractivity contribution in [1.82, 2.24) is 9.55 Å². The summed E-state index contributed by atoms with van der Waals surface area (Å²) in [5.74, 6) is 0.386. The minimum atomic E-state index is -2.00. The first kappa shape index (κ1) is 23.7. The predicted molar refractivity (Wildman–Crippen MR) is 127 cm³/mol. The van der Waals surface area contributed by atoms with E-state index in [1.54, 1.807) is 36.5 Å². The molecule has 1 N–H and O–H groups in total. The van der Waals surface area contributed by atoms with Crippen LogP contribution in [0.2, 0.25) is 18.1 Å². The number of nitrogens with zero attached hydrogens (tertiary/aromatic N) is 2. The zero-order valence-electron chi connectivity index (χ0n) is 18.7. The highest BCUT2D eigenvalue weighted by molar-refractivity contribution is 7.80. The third-order valence-electron chi connectivity index (χ3n) is 6.03. The number of aromatic nitrogens is 2. The maximum atomic E-state index is 12.7. The van der Waals surface area contributed by atoms with E-state index in [4.69, 9.17) is 9.16 Å². The van der Waals surface area contributed by atoms with Crippen molar-refractivity contribution in [3.05, 3.63) is 58.6 Å². The smallest absolute Gasteiger partial charge is 0.351 e. The number of hydrogen-bond acceptors (Lipinski definition) is 6. The van der Waals surface area contributed by atoms with Crippen LogP contribution in [0.4, 0.5) is 5.82 Å². The van der Waals surface area contributed by atoms with Crippen molar-refractivity contribution in [2.45, 2.75) is 63.8 Å². The molecule has 3 atom stereocenters. The largest absolute Gasteiger partial charge is 0.411 e. The Labute approximate surface area is 189 Å². The second-order valence-electron chi connectivity index (χ2n) is 9.29. The van der Waals surface area contributed by atoms with Crippen molar-refractivity contribution in [3.8, 4) is 0 Å². The Bertz CT molecular complexity index is 975. The zero-order valence-corrected chi connectivity index (χ0v) is 20.6. The van der Waals surface area contributed by atoms with Crippen LogP contribution < -0.4 is 11.0 Å². The molecule has 0 saturated carbocycles. The lowest BCUT2D eigenvalue weighted by molar-refractivity contribution is -0.00548. The number of anilines is 1. The molecule has 7 nitrogen and oxygen atoms in total. The molecular formula is C22H31N3O4SSi. The molecule has 1 aliphatic heterocycles. The second-order valence-corrected chi connectivity index (χ2v) is 14.4. The van der Waals surface area contributed by atoms with Crippen LogP contribution >= 0.6 is 12.6 Å². The van der Waals surface area contributed by atoms with Gasteiger partial charge in [0.2, 0.25) is 0 Å². The van der Waals surface area contributed by atoms with Crippen LogP contribution in [0.5, 0.6) is 0 Å². The highest BCUT2D eigenvalue weighted by Gasteiger charge is 2.44. The summed E-state index contributed by atoms with van der Waals surface area (Å²) < 4.78 is 14.1. The monoisotopic (exact) mass is 461 g/mol. The third-order valence-corrected chi connectivity index (χ3v) is 10.9. The first-order valence-corrected chi connectivity index (χ1v) is 14.0. The maximum Gasteiger partial charge on any atom is 0.351 e. The molecule has 2 heterocycles. The SMILES string of the molecule is CC(C)(C)[Si](C)(C)OC1C[C@H](n2ccc(NC(=O)c3ccccc3)nc2=O)O[C@@H]1CS. The van der Waals surface area contributed by atoms with Gasteiger partial charge in [-0.15, -0.1) is 0 Å². The summed E-state index contributed by atoms with van der Waals surface area (Å²) in [7, 11) is -2.00. The van der Waals surface area contributed by atoms with Crippen LogP contribution in [-0.2, 0) is 9.16 Å². The molecule has 1 saturated heterocycles. The first-order chi connectivity index (χ1) is 14.5. The molecule has 0 radical (unpaired) electrons. The van der Waals surface area contributed by atoms with Crippen LogP contribution in [0.15, 0.2) is 47.4 Å². The van der Waals surface area contributed by atoms with Gasteiger partial charge in [-0.1, -0.05) is 39.0 Å². The van der Waals surface area contributed by atoms with Crippen LogP contribution in [0.25, 0.3) is 0 Å². The minimum absolute atomic E-state index is 0.0727. The van der Waals surface area contributed by atoms with Gasteiger partial charge in [0.15, 0.2) is 8.32 Å². The number of amides is 1. The van der Waals surface area contributed by atoms with Gasteiger partial charge >= 0.3 is 5.69 Å². The van der Waals surface area contributed by atoms with Gasteiger partial charge in [0.25, 0.3) is 5.91 Å². The Morgan fingerprint density at radius 2 is 1.97 bits per heavy atom. The molecular weight excluding hydrogens is 430 g/mol. The van der Waals surface area contributed by atoms with Crippen LogP contribution in [0.3, 0.4) is 0 Å². The number of hydrogen-bond donors (Lipinski definition) is 2. The number of benzene rings is 1. The van der Waals surface area contributed by atoms with Crippen molar-refractivity contribution in [2.24, 2.45) is 0 Å². The standard InChI is InChI=1S/C22H31N3O4SSi/c1-22(2,3)31(4,5)29-16-13-19(28-17(16)14-30)25-12-11-18(24-21(25)27)23-20(26)15-9-7-6-8-10-15/h6-12,16-17,19,30H,13-14H2,1-5H3,(H,23,24,26,27)/t16?,17-,19-/m1/s1. The molecule has 3 rings (SSSR count). The Kier molecular flexibility index (Phi) is 7.10. The van der Waals surface area contributed by atoms with E-state index in [-0.39, 0.29) is 29.0 Å². The van der Waals surface area contributed by atoms with Crippen molar-refractivity contribution < 1.29 is 14.0 Å². The van der Waals surface area contributed by atoms with Crippen molar-refractivity contribution in [3.63, 3.8) is 0 Å². The highest BCUT2D eigenvalue weighted by atomic mass is 32.1. The predicted octanol–water partition coefficient (Wildman–Crippen LogP) is 4.10. The van der Waals surface area contributed by atoms with Gasteiger partial charge < -0.3 is 14.5 Å². The topological polar surface area (TPSA) is 82.5 Å². The lowest BCUT2D eigenvalue weighted by Gasteiger charge is -2.39. The summed E-state index contributed by atoms with van der Waals surface area (Å²) in [4.78, 5) is 29.0. The zero-order chi connectivity index (χ0) is 22.8. The maximum absolute atomic E-state index is 12.7. The van der Waals surface area contributed by atoms with E-state index >= 15 is 0 Å². The molecule has 0 spiro atoms. The lowest BCUT2D eigenvalue weighted by atomic mass is 10.2. The molecule has 1 fully saturated rings. The van der Waals surface area contributed by atoms with Crippen molar-refractivity contribution in [2.75, 3.05) is 11.1 Å². The van der Waals surface area contributed by atoms with E-state index in [0.29, 0.717) is 17.7 Å². The fourth-order valence-electron chi connectivity index (χ4n) is 3.19. The molecule has 31 heavy (non-hydrogen) atoms. The summed E-state index contributed by atoms with van der Waals surface area (Å²) in [5, 5.41) is 2.73. The summed E-state index contributed by atoms with van der Waals surface area (Å²) in [6, 6.07) is 10.4. The van der Waals surface area contributed by atoms with E-state index in [1.807, 2.05) is 6.07 Å². The minimum Gasteiger partial charge on any atom is -0.411 e. The number of thiol groups is 1. The Morgan fingerprint density at radius 3 is 2.55 bits per heavy atom. The Balaban J connectivity index is 1.73. The second kappa shape index (κ2) is 9.28. The number of carbonyl (C=O) groups excluding carboxylic acids is 1.